The minimum absolute atomic E-state index is 0.449. The SMILES string of the molecule is CNC1CCC(C)CC1CN(CCOC)C(C)COC. The van der Waals surface area contributed by atoms with Crippen molar-refractivity contribution in [3.63, 3.8) is 0 Å². The van der Waals surface area contributed by atoms with Crippen LogP contribution in [0.25, 0.3) is 0 Å². The van der Waals surface area contributed by atoms with Gasteiger partial charge in [0.2, 0.25) is 0 Å². The van der Waals surface area contributed by atoms with Crippen molar-refractivity contribution < 1.29 is 9.47 Å². The number of hydrogen-bond donors (Lipinski definition) is 1. The zero-order valence-corrected chi connectivity index (χ0v) is 14.0. The summed E-state index contributed by atoms with van der Waals surface area (Å²) < 4.78 is 10.6. The molecule has 4 nitrogen and oxygen atoms in total. The summed E-state index contributed by atoms with van der Waals surface area (Å²) in [5.74, 6) is 1.59. The minimum atomic E-state index is 0.449. The van der Waals surface area contributed by atoms with Gasteiger partial charge in [0.05, 0.1) is 13.2 Å². The number of ether oxygens (including phenoxy) is 2. The number of nitrogens with one attached hydrogen (secondary N) is 1. The second-order valence-corrected chi connectivity index (χ2v) is 6.37. The van der Waals surface area contributed by atoms with E-state index >= 15 is 0 Å². The van der Waals surface area contributed by atoms with Crippen LogP contribution in [0.4, 0.5) is 0 Å². The van der Waals surface area contributed by atoms with E-state index in [9.17, 15) is 0 Å². The van der Waals surface area contributed by atoms with Gasteiger partial charge >= 0.3 is 0 Å². The van der Waals surface area contributed by atoms with Crippen LogP contribution in [0.1, 0.15) is 33.1 Å². The fourth-order valence-corrected chi connectivity index (χ4v) is 3.43. The fraction of sp³-hybridized carbons (Fsp3) is 1.00. The molecule has 1 aliphatic carbocycles. The van der Waals surface area contributed by atoms with Gasteiger partial charge < -0.3 is 14.8 Å². The first kappa shape index (κ1) is 17.9. The third-order valence-corrected chi connectivity index (χ3v) is 4.70. The van der Waals surface area contributed by atoms with E-state index in [1.54, 1.807) is 14.2 Å². The maximum atomic E-state index is 5.33. The average molecular weight is 286 g/mol. The van der Waals surface area contributed by atoms with Gasteiger partial charge in [-0.2, -0.15) is 0 Å². The topological polar surface area (TPSA) is 33.7 Å². The normalized spacial score (nSPS) is 28.8. The van der Waals surface area contributed by atoms with Gasteiger partial charge in [0, 0.05) is 39.4 Å². The lowest BCUT2D eigenvalue weighted by Gasteiger charge is -2.39. The van der Waals surface area contributed by atoms with Crippen molar-refractivity contribution in [1.82, 2.24) is 10.2 Å². The first-order valence-corrected chi connectivity index (χ1v) is 8.01. The summed E-state index contributed by atoms with van der Waals surface area (Å²) in [6, 6.07) is 1.11. The number of rotatable bonds is 9. The van der Waals surface area contributed by atoms with Gasteiger partial charge in [0.25, 0.3) is 0 Å². The lowest BCUT2D eigenvalue weighted by molar-refractivity contribution is 0.0510. The molecule has 120 valence electrons. The summed E-state index contributed by atoms with van der Waals surface area (Å²) in [5, 5.41) is 3.52. The van der Waals surface area contributed by atoms with Gasteiger partial charge in [-0.1, -0.05) is 6.92 Å². The molecule has 1 rings (SSSR count). The second-order valence-electron chi connectivity index (χ2n) is 6.37. The van der Waals surface area contributed by atoms with Gasteiger partial charge in [-0.3, -0.25) is 4.90 Å². The highest BCUT2D eigenvalue weighted by Gasteiger charge is 2.30. The lowest BCUT2D eigenvalue weighted by Crippen LogP contribution is -2.48. The van der Waals surface area contributed by atoms with Crippen molar-refractivity contribution >= 4 is 0 Å². The standard InChI is InChI=1S/C16H34N2O2/c1-13-6-7-16(17-3)15(10-13)11-18(8-9-19-4)14(2)12-20-5/h13-17H,6-12H2,1-5H3. The van der Waals surface area contributed by atoms with E-state index in [0.29, 0.717) is 12.1 Å². The molecule has 0 aromatic carbocycles. The molecule has 0 aromatic heterocycles. The van der Waals surface area contributed by atoms with Gasteiger partial charge in [0.1, 0.15) is 0 Å². The zero-order chi connectivity index (χ0) is 15.0. The molecule has 4 unspecified atom stereocenters. The molecule has 0 aromatic rings. The summed E-state index contributed by atoms with van der Waals surface area (Å²) in [6.45, 7) is 8.35. The summed E-state index contributed by atoms with van der Waals surface area (Å²) >= 11 is 0. The molecule has 0 bridgehead atoms. The quantitative estimate of drug-likeness (QED) is 0.703. The Kier molecular flexibility index (Phi) is 8.69. The predicted octanol–water partition coefficient (Wildman–Crippen LogP) is 1.99. The molecule has 1 aliphatic rings. The van der Waals surface area contributed by atoms with E-state index in [1.165, 1.54) is 19.3 Å². The van der Waals surface area contributed by atoms with Crippen LogP contribution in [0.15, 0.2) is 0 Å². The summed E-state index contributed by atoms with van der Waals surface area (Å²) in [7, 11) is 5.66. The summed E-state index contributed by atoms with van der Waals surface area (Å²) in [5.41, 5.74) is 0. The Morgan fingerprint density at radius 3 is 2.60 bits per heavy atom. The molecule has 0 amide bonds. The Labute approximate surface area is 125 Å². The van der Waals surface area contributed by atoms with Gasteiger partial charge in [-0.15, -0.1) is 0 Å². The molecule has 1 N–H and O–H groups in total. The minimum Gasteiger partial charge on any atom is -0.383 e. The molecule has 1 saturated carbocycles. The maximum absolute atomic E-state index is 5.33. The number of hydrogen-bond acceptors (Lipinski definition) is 4. The molecule has 4 atom stereocenters. The fourth-order valence-electron chi connectivity index (χ4n) is 3.43. The highest BCUT2D eigenvalue weighted by Crippen LogP contribution is 2.30. The van der Waals surface area contributed by atoms with E-state index in [1.807, 2.05) is 0 Å². The predicted molar refractivity (Wildman–Crippen MR) is 84.1 cm³/mol. The molecule has 0 saturated heterocycles. The molecule has 0 spiro atoms. The van der Waals surface area contributed by atoms with E-state index in [0.717, 1.165) is 38.1 Å². The van der Waals surface area contributed by atoms with Crippen LogP contribution in [-0.4, -0.2) is 64.6 Å². The van der Waals surface area contributed by atoms with Crippen molar-refractivity contribution in [1.29, 1.82) is 0 Å². The van der Waals surface area contributed by atoms with E-state index < -0.39 is 0 Å². The Balaban J connectivity index is 2.60. The largest absolute Gasteiger partial charge is 0.383 e. The highest BCUT2D eigenvalue weighted by molar-refractivity contribution is 4.85. The first-order chi connectivity index (χ1) is 9.62. The average Bonchev–Trinajstić information content (AvgIpc) is 2.43. The van der Waals surface area contributed by atoms with Crippen molar-refractivity contribution in [2.75, 3.05) is 47.6 Å². The van der Waals surface area contributed by atoms with Crippen LogP contribution >= 0.6 is 0 Å². The van der Waals surface area contributed by atoms with Crippen LogP contribution in [0.2, 0.25) is 0 Å². The second kappa shape index (κ2) is 9.72. The highest BCUT2D eigenvalue weighted by atomic mass is 16.5. The summed E-state index contributed by atoms with van der Waals surface area (Å²) in [6.07, 6.45) is 3.99. The van der Waals surface area contributed by atoms with Crippen LogP contribution in [0.3, 0.4) is 0 Å². The Bertz CT molecular complexity index is 251. The van der Waals surface area contributed by atoms with Crippen molar-refractivity contribution in [3.05, 3.63) is 0 Å². The monoisotopic (exact) mass is 286 g/mol. The van der Waals surface area contributed by atoms with Gasteiger partial charge in [0.15, 0.2) is 0 Å². The summed E-state index contributed by atoms with van der Waals surface area (Å²) in [4.78, 5) is 2.53. The molecule has 0 radical (unpaired) electrons. The molecule has 1 fully saturated rings. The van der Waals surface area contributed by atoms with Gasteiger partial charge in [-0.25, -0.2) is 0 Å². The van der Waals surface area contributed by atoms with Crippen molar-refractivity contribution in [3.8, 4) is 0 Å². The van der Waals surface area contributed by atoms with Crippen LogP contribution in [0.5, 0.6) is 0 Å². The van der Waals surface area contributed by atoms with E-state index in [4.69, 9.17) is 9.47 Å². The third kappa shape index (κ3) is 5.68. The van der Waals surface area contributed by atoms with E-state index in [2.05, 4.69) is 31.1 Å². The Morgan fingerprint density at radius 1 is 1.25 bits per heavy atom. The molecule has 0 heterocycles. The number of nitrogens with zero attached hydrogens (tertiary/aromatic N) is 1. The molecule has 20 heavy (non-hydrogen) atoms. The van der Waals surface area contributed by atoms with Crippen molar-refractivity contribution in [2.45, 2.75) is 45.2 Å². The van der Waals surface area contributed by atoms with Crippen LogP contribution in [0, 0.1) is 11.8 Å². The maximum Gasteiger partial charge on any atom is 0.0615 e. The molecule has 0 aliphatic heterocycles. The zero-order valence-electron chi connectivity index (χ0n) is 14.0. The first-order valence-electron chi connectivity index (χ1n) is 8.01. The van der Waals surface area contributed by atoms with Crippen LogP contribution < -0.4 is 5.32 Å². The Morgan fingerprint density at radius 2 is 2.00 bits per heavy atom. The lowest BCUT2D eigenvalue weighted by atomic mass is 9.78. The van der Waals surface area contributed by atoms with Gasteiger partial charge in [-0.05, 0) is 45.1 Å². The van der Waals surface area contributed by atoms with E-state index in [-0.39, 0.29) is 0 Å². The number of methoxy groups -OCH3 is 2. The van der Waals surface area contributed by atoms with Crippen molar-refractivity contribution in [2.24, 2.45) is 11.8 Å². The molecular formula is C16H34N2O2. The van der Waals surface area contributed by atoms with Crippen LogP contribution in [-0.2, 0) is 9.47 Å². The Hall–Kier alpha value is -0.160. The third-order valence-electron chi connectivity index (χ3n) is 4.70. The smallest absolute Gasteiger partial charge is 0.0615 e. The molecular weight excluding hydrogens is 252 g/mol. The molecule has 4 heteroatoms.